The van der Waals surface area contributed by atoms with E-state index in [1.807, 2.05) is 36.4 Å². The first-order valence-corrected chi connectivity index (χ1v) is 9.14. The number of nitrogens with two attached hydrogens (primary N) is 1. The molecule has 3 aromatic rings. The molecule has 0 aromatic heterocycles. The van der Waals surface area contributed by atoms with Gasteiger partial charge in [0.15, 0.2) is 0 Å². The number of carboxylic acid groups (broad SMARTS) is 1. The summed E-state index contributed by atoms with van der Waals surface area (Å²) in [5, 5.41) is 13.9. The first-order chi connectivity index (χ1) is 14.0. The van der Waals surface area contributed by atoms with E-state index in [2.05, 4.69) is 5.32 Å². The van der Waals surface area contributed by atoms with Crippen molar-refractivity contribution in [1.82, 2.24) is 5.32 Å². The normalized spacial score (nSPS) is 11.1. The van der Waals surface area contributed by atoms with E-state index in [4.69, 9.17) is 10.5 Å². The second-order valence-electron chi connectivity index (χ2n) is 6.58. The second-order valence-corrected chi connectivity index (χ2v) is 6.58. The third kappa shape index (κ3) is 6.53. The van der Waals surface area contributed by atoms with Crippen LogP contribution in [0.2, 0.25) is 0 Å². The number of carbonyl (C=O) groups is 2. The Kier molecular flexibility index (Phi) is 8.26. The predicted molar refractivity (Wildman–Crippen MR) is 115 cm³/mol. The molecular formula is C23H22ClN2O4-. The molecule has 0 spiro atoms. The molecule has 3 N–H and O–H groups in total. The van der Waals surface area contributed by atoms with Gasteiger partial charge in [0, 0.05) is 29.7 Å². The molecule has 3 rings (SSSR count). The summed E-state index contributed by atoms with van der Waals surface area (Å²) in [6, 6.07) is 22.5. The van der Waals surface area contributed by atoms with Gasteiger partial charge in [0.1, 0.15) is 12.4 Å². The third-order valence-corrected chi connectivity index (χ3v) is 4.32. The van der Waals surface area contributed by atoms with Crippen molar-refractivity contribution in [2.45, 2.75) is 19.1 Å². The van der Waals surface area contributed by atoms with Crippen LogP contribution in [0.3, 0.4) is 0 Å². The van der Waals surface area contributed by atoms with Gasteiger partial charge in [0.05, 0.1) is 6.04 Å². The van der Waals surface area contributed by atoms with Crippen molar-refractivity contribution in [2.75, 3.05) is 5.73 Å². The molecule has 0 fully saturated rings. The summed E-state index contributed by atoms with van der Waals surface area (Å²) in [6.07, 6.45) is -0.338. The molecule has 0 saturated carbocycles. The summed E-state index contributed by atoms with van der Waals surface area (Å²) in [5.74, 6) is -1.24. The number of anilines is 1. The van der Waals surface area contributed by atoms with Crippen molar-refractivity contribution in [2.24, 2.45) is 0 Å². The Morgan fingerprint density at radius 3 is 2.23 bits per heavy atom. The van der Waals surface area contributed by atoms with Crippen LogP contribution in [0.25, 0.3) is 0 Å². The zero-order valence-corrected chi connectivity index (χ0v) is 16.9. The zero-order chi connectivity index (χ0) is 20.6. The van der Waals surface area contributed by atoms with Gasteiger partial charge in [-0.15, -0.1) is 12.4 Å². The van der Waals surface area contributed by atoms with Gasteiger partial charge in [-0.3, -0.25) is 4.79 Å². The maximum Gasteiger partial charge on any atom is 0.251 e. The van der Waals surface area contributed by atoms with Crippen LogP contribution in [-0.2, 0) is 11.4 Å². The van der Waals surface area contributed by atoms with Crippen LogP contribution in [0.5, 0.6) is 5.75 Å². The van der Waals surface area contributed by atoms with Gasteiger partial charge in [-0.2, -0.15) is 0 Å². The van der Waals surface area contributed by atoms with Crippen LogP contribution >= 0.6 is 12.4 Å². The van der Waals surface area contributed by atoms with Gasteiger partial charge < -0.3 is 25.7 Å². The van der Waals surface area contributed by atoms with E-state index >= 15 is 0 Å². The number of nitrogen functional groups attached to an aromatic ring is 1. The molecule has 3 aromatic carbocycles. The third-order valence-electron chi connectivity index (χ3n) is 4.32. The van der Waals surface area contributed by atoms with E-state index in [1.165, 1.54) is 6.07 Å². The van der Waals surface area contributed by atoms with E-state index < -0.39 is 17.9 Å². The summed E-state index contributed by atoms with van der Waals surface area (Å²) in [7, 11) is 0. The minimum atomic E-state index is -1.25. The van der Waals surface area contributed by atoms with E-state index in [9.17, 15) is 14.7 Å². The number of amides is 1. The van der Waals surface area contributed by atoms with Gasteiger partial charge >= 0.3 is 0 Å². The highest BCUT2D eigenvalue weighted by Crippen LogP contribution is 2.22. The van der Waals surface area contributed by atoms with Crippen LogP contribution < -0.4 is 20.9 Å². The molecule has 0 bridgehead atoms. The minimum absolute atomic E-state index is 0. The zero-order valence-electron chi connectivity index (χ0n) is 16.1. The fourth-order valence-electron chi connectivity index (χ4n) is 2.92. The molecule has 0 aliphatic carbocycles. The molecule has 156 valence electrons. The van der Waals surface area contributed by atoms with E-state index in [0.717, 1.165) is 5.56 Å². The van der Waals surface area contributed by atoms with Gasteiger partial charge in [-0.05, 0) is 23.3 Å². The number of nitrogens with one attached hydrogen (secondary N) is 1. The number of halogens is 1. The standard InChI is InChI=1S/C23H22N2O4.ClH/c24-19-11-18(12-20(13-19)29-15-16-7-3-1-4-8-16)23(28)25-21(14-22(26)27)17-9-5-2-6-10-17;/h1-13,21H,14-15,24H2,(H,25,28)(H,26,27);1H/p-1. The summed E-state index contributed by atoms with van der Waals surface area (Å²) in [5.41, 5.74) is 8.24. The fourth-order valence-corrected chi connectivity index (χ4v) is 2.92. The molecule has 0 aliphatic rings. The average molecular weight is 426 g/mol. The first kappa shape index (κ1) is 22.8. The number of aliphatic carboxylic acids is 1. The van der Waals surface area contributed by atoms with Gasteiger partial charge in [-0.1, -0.05) is 60.7 Å². The molecule has 1 atom stereocenters. The molecule has 1 unspecified atom stereocenters. The lowest BCUT2D eigenvalue weighted by molar-refractivity contribution is -0.306. The molecule has 6 nitrogen and oxygen atoms in total. The maximum absolute atomic E-state index is 12.8. The Morgan fingerprint density at radius 2 is 1.60 bits per heavy atom. The Morgan fingerprint density at radius 1 is 0.967 bits per heavy atom. The molecule has 1 amide bonds. The van der Waals surface area contributed by atoms with Crippen molar-refractivity contribution < 1.29 is 19.4 Å². The van der Waals surface area contributed by atoms with E-state index in [-0.39, 0.29) is 24.4 Å². The lowest BCUT2D eigenvalue weighted by Crippen LogP contribution is -2.34. The van der Waals surface area contributed by atoms with Crippen LogP contribution in [0.4, 0.5) is 5.69 Å². The number of carbonyl (C=O) groups excluding carboxylic acids is 2. The lowest BCUT2D eigenvalue weighted by atomic mass is 10.0. The molecule has 7 heteroatoms. The van der Waals surface area contributed by atoms with Crippen LogP contribution in [0.1, 0.15) is 33.9 Å². The number of hydrogen-bond acceptors (Lipinski definition) is 5. The monoisotopic (exact) mass is 425 g/mol. The predicted octanol–water partition coefficient (Wildman–Crippen LogP) is 2.88. The molecule has 30 heavy (non-hydrogen) atoms. The highest BCUT2D eigenvalue weighted by molar-refractivity contribution is 5.96. The first-order valence-electron chi connectivity index (χ1n) is 9.14. The van der Waals surface area contributed by atoms with Crippen molar-refractivity contribution in [3.8, 4) is 5.75 Å². The quantitative estimate of drug-likeness (QED) is 0.540. The average Bonchev–Trinajstić information content (AvgIpc) is 2.72. The SMILES string of the molecule is Cl.Nc1cc(OCc2ccccc2)cc(C(=O)NC(CC(=O)[O-])c2ccccc2)c1. The highest BCUT2D eigenvalue weighted by atomic mass is 35.5. The molecule has 0 aliphatic heterocycles. The van der Waals surface area contributed by atoms with Crippen LogP contribution in [-0.4, -0.2) is 11.9 Å². The summed E-state index contributed by atoms with van der Waals surface area (Å²) in [6.45, 7) is 0.336. The largest absolute Gasteiger partial charge is 0.550 e. The molecule has 0 radical (unpaired) electrons. The number of hydrogen-bond donors (Lipinski definition) is 2. The maximum atomic E-state index is 12.8. The number of carboxylic acids is 1. The molecule has 0 saturated heterocycles. The minimum Gasteiger partial charge on any atom is -0.550 e. The summed E-state index contributed by atoms with van der Waals surface area (Å²) in [4.78, 5) is 23.9. The number of ether oxygens (including phenoxy) is 1. The van der Waals surface area contributed by atoms with Crippen molar-refractivity contribution in [3.05, 3.63) is 95.6 Å². The Labute approximate surface area is 181 Å². The number of rotatable bonds is 8. The number of benzene rings is 3. The lowest BCUT2D eigenvalue weighted by Gasteiger charge is -2.20. The van der Waals surface area contributed by atoms with Crippen LogP contribution in [0, 0.1) is 0 Å². The molecular weight excluding hydrogens is 404 g/mol. The fraction of sp³-hybridized carbons (Fsp3) is 0.130. The second kappa shape index (κ2) is 10.9. The van der Waals surface area contributed by atoms with E-state index in [0.29, 0.717) is 23.6 Å². The topological polar surface area (TPSA) is 104 Å². The Hall–Kier alpha value is -3.51. The summed E-state index contributed by atoms with van der Waals surface area (Å²) < 4.78 is 5.75. The Balaban J connectivity index is 0.00000320. The summed E-state index contributed by atoms with van der Waals surface area (Å²) >= 11 is 0. The van der Waals surface area contributed by atoms with Gasteiger partial charge in [0.25, 0.3) is 5.91 Å². The van der Waals surface area contributed by atoms with Gasteiger partial charge in [-0.25, -0.2) is 0 Å². The van der Waals surface area contributed by atoms with Crippen LogP contribution in [0.15, 0.2) is 78.9 Å². The molecule has 0 heterocycles. The van der Waals surface area contributed by atoms with E-state index in [1.54, 1.807) is 36.4 Å². The van der Waals surface area contributed by atoms with Crippen molar-refractivity contribution >= 4 is 30.0 Å². The van der Waals surface area contributed by atoms with Crippen molar-refractivity contribution in [3.63, 3.8) is 0 Å². The Bertz CT molecular complexity index is 981. The smallest absolute Gasteiger partial charge is 0.251 e. The highest BCUT2D eigenvalue weighted by Gasteiger charge is 2.17. The van der Waals surface area contributed by atoms with Gasteiger partial charge in [0.2, 0.25) is 0 Å². The van der Waals surface area contributed by atoms with Crippen molar-refractivity contribution in [1.29, 1.82) is 0 Å².